The van der Waals surface area contributed by atoms with Gasteiger partial charge in [0.05, 0.1) is 18.6 Å². The molecule has 1 aromatic carbocycles. The second kappa shape index (κ2) is 5.32. The van der Waals surface area contributed by atoms with Crippen molar-refractivity contribution < 1.29 is 4.39 Å². The van der Waals surface area contributed by atoms with Crippen molar-refractivity contribution in [3.63, 3.8) is 0 Å². The van der Waals surface area contributed by atoms with Gasteiger partial charge >= 0.3 is 0 Å². The molecule has 94 valence electrons. The van der Waals surface area contributed by atoms with E-state index < -0.39 is 0 Å². The Morgan fingerprint density at radius 3 is 2.78 bits per heavy atom. The van der Waals surface area contributed by atoms with Gasteiger partial charge in [-0.2, -0.15) is 0 Å². The number of hydrogen-bond acceptors (Lipinski definition) is 2. The Labute approximate surface area is 120 Å². The summed E-state index contributed by atoms with van der Waals surface area (Å²) in [6.07, 6.45) is 1.48. The molecule has 0 aliphatic carbocycles. The molecule has 0 saturated carbocycles. The lowest BCUT2D eigenvalue weighted by molar-refractivity contribution is 0.624. The molecule has 1 heterocycles. The van der Waals surface area contributed by atoms with Crippen LogP contribution < -0.4 is 5.56 Å². The van der Waals surface area contributed by atoms with E-state index in [1.165, 1.54) is 23.0 Å². The standard InChI is InChI=1S/C12H9Br2FN2O/c1-7-11(14)12(18)17(6-16-7)5-8-2-3-9(15)4-10(8)13/h2-4,6H,5H2,1H3. The van der Waals surface area contributed by atoms with E-state index in [0.29, 0.717) is 21.2 Å². The van der Waals surface area contributed by atoms with Crippen molar-refractivity contribution in [2.45, 2.75) is 13.5 Å². The molecule has 0 amide bonds. The summed E-state index contributed by atoms with van der Waals surface area (Å²) in [5.74, 6) is -0.318. The minimum absolute atomic E-state index is 0.154. The molecule has 0 aliphatic rings. The summed E-state index contributed by atoms with van der Waals surface area (Å²) in [5.41, 5.74) is 1.31. The maximum atomic E-state index is 13.0. The number of benzene rings is 1. The molecule has 0 radical (unpaired) electrons. The predicted octanol–water partition coefficient (Wildman–Crippen LogP) is 3.26. The molecule has 0 bridgehead atoms. The topological polar surface area (TPSA) is 34.9 Å². The van der Waals surface area contributed by atoms with Gasteiger partial charge in [-0.05, 0) is 40.5 Å². The zero-order valence-electron chi connectivity index (χ0n) is 9.45. The van der Waals surface area contributed by atoms with Crippen molar-refractivity contribution in [2.24, 2.45) is 0 Å². The molecular formula is C12H9Br2FN2O. The second-order valence-electron chi connectivity index (χ2n) is 3.81. The Morgan fingerprint density at radius 2 is 2.11 bits per heavy atom. The van der Waals surface area contributed by atoms with E-state index in [1.54, 1.807) is 13.0 Å². The van der Waals surface area contributed by atoms with Crippen molar-refractivity contribution in [1.82, 2.24) is 9.55 Å². The van der Waals surface area contributed by atoms with Gasteiger partial charge in [0.25, 0.3) is 5.56 Å². The first-order valence-electron chi connectivity index (χ1n) is 5.14. The van der Waals surface area contributed by atoms with Gasteiger partial charge in [0.15, 0.2) is 0 Å². The van der Waals surface area contributed by atoms with E-state index in [-0.39, 0.29) is 11.4 Å². The quantitative estimate of drug-likeness (QED) is 0.807. The summed E-state index contributed by atoms with van der Waals surface area (Å²) in [4.78, 5) is 16.1. The fourth-order valence-corrected chi connectivity index (χ4v) is 2.30. The van der Waals surface area contributed by atoms with Crippen molar-refractivity contribution >= 4 is 31.9 Å². The second-order valence-corrected chi connectivity index (χ2v) is 5.46. The number of rotatable bonds is 2. The van der Waals surface area contributed by atoms with Crippen LogP contribution in [0.4, 0.5) is 4.39 Å². The number of aromatic nitrogens is 2. The van der Waals surface area contributed by atoms with Crippen LogP contribution in [0, 0.1) is 12.7 Å². The van der Waals surface area contributed by atoms with Crippen LogP contribution >= 0.6 is 31.9 Å². The minimum Gasteiger partial charge on any atom is -0.294 e. The highest BCUT2D eigenvalue weighted by atomic mass is 79.9. The Hall–Kier alpha value is -1.01. The van der Waals surface area contributed by atoms with Crippen LogP contribution in [0.1, 0.15) is 11.3 Å². The van der Waals surface area contributed by atoms with Gasteiger partial charge < -0.3 is 0 Å². The third-order valence-corrected chi connectivity index (χ3v) is 4.16. The van der Waals surface area contributed by atoms with Gasteiger partial charge in [-0.3, -0.25) is 9.36 Å². The number of halogens is 3. The largest absolute Gasteiger partial charge is 0.294 e. The summed E-state index contributed by atoms with van der Waals surface area (Å²) in [6, 6.07) is 4.37. The Balaban J connectivity index is 2.41. The maximum absolute atomic E-state index is 13.0. The molecule has 6 heteroatoms. The zero-order chi connectivity index (χ0) is 13.3. The highest BCUT2D eigenvalue weighted by molar-refractivity contribution is 9.10. The van der Waals surface area contributed by atoms with E-state index in [0.717, 1.165) is 5.56 Å². The van der Waals surface area contributed by atoms with E-state index in [9.17, 15) is 9.18 Å². The van der Waals surface area contributed by atoms with E-state index in [1.807, 2.05) is 0 Å². The Morgan fingerprint density at radius 1 is 1.39 bits per heavy atom. The zero-order valence-corrected chi connectivity index (χ0v) is 12.6. The molecule has 0 aliphatic heterocycles. The first kappa shape index (κ1) is 13.4. The van der Waals surface area contributed by atoms with Gasteiger partial charge in [0.2, 0.25) is 0 Å². The lowest BCUT2D eigenvalue weighted by Crippen LogP contribution is -2.22. The van der Waals surface area contributed by atoms with Crippen LogP contribution in [0.3, 0.4) is 0 Å². The van der Waals surface area contributed by atoms with Crippen LogP contribution in [0.15, 0.2) is 38.3 Å². The number of hydrogen-bond donors (Lipinski definition) is 0. The molecule has 0 saturated heterocycles. The van der Waals surface area contributed by atoms with Gasteiger partial charge in [0, 0.05) is 4.47 Å². The third kappa shape index (κ3) is 2.70. The molecule has 1 aromatic heterocycles. The maximum Gasteiger partial charge on any atom is 0.268 e. The SMILES string of the molecule is Cc1ncn(Cc2ccc(F)cc2Br)c(=O)c1Br. The summed E-state index contributed by atoms with van der Waals surface area (Å²) < 4.78 is 15.5. The fraction of sp³-hybridized carbons (Fsp3) is 0.167. The van der Waals surface area contributed by atoms with Crippen LogP contribution in [0.25, 0.3) is 0 Å². The normalized spacial score (nSPS) is 10.7. The molecular weight excluding hydrogens is 367 g/mol. The Bertz CT molecular complexity index is 655. The first-order valence-corrected chi connectivity index (χ1v) is 6.73. The lowest BCUT2D eigenvalue weighted by atomic mass is 10.2. The molecule has 18 heavy (non-hydrogen) atoms. The monoisotopic (exact) mass is 374 g/mol. The highest BCUT2D eigenvalue weighted by Crippen LogP contribution is 2.19. The van der Waals surface area contributed by atoms with E-state index >= 15 is 0 Å². The fourth-order valence-electron chi connectivity index (χ4n) is 1.49. The average Bonchev–Trinajstić information content (AvgIpc) is 2.33. The van der Waals surface area contributed by atoms with Crippen molar-refractivity contribution in [3.05, 3.63) is 60.9 Å². The van der Waals surface area contributed by atoms with Gasteiger partial charge in [-0.15, -0.1) is 0 Å². The molecule has 2 aromatic rings. The highest BCUT2D eigenvalue weighted by Gasteiger charge is 2.08. The minimum atomic E-state index is -0.318. The lowest BCUT2D eigenvalue weighted by Gasteiger charge is -2.08. The average molecular weight is 376 g/mol. The number of aryl methyl sites for hydroxylation is 1. The van der Waals surface area contributed by atoms with Crippen molar-refractivity contribution in [1.29, 1.82) is 0 Å². The summed E-state index contributed by atoms with van der Waals surface area (Å²) in [5, 5.41) is 0. The molecule has 0 unspecified atom stereocenters. The van der Waals surface area contributed by atoms with E-state index in [4.69, 9.17) is 0 Å². The summed E-state index contributed by atoms with van der Waals surface area (Å²) in [7, 11) is 0. The van der Waals surface area contributed by atoms with Crippen LogP contribution in [-0.4, -0.2) is 9.55 Å². The third-order valence-electron chi connectivity index (χ3n) is 2.51. The summed E-state index contributed by atoms with van der Waals surface area (Å²) in [6.45, 7) is 2.09. The van der Waals surface area contributed by atoms with Gasteiger partial charge in [0.1, 0.15) is 10.3 Å². The predicted molar refractivity (Wildman–Crippen MR) is 74.1 cm³/mol. The molecule has 2 rings (SSSR count). The van der Waals surface area contributed by atoms with Crippen LogP contribution in [-0.2, 0) is 6.54 Å². The Kier molecular flexibility index (Phi) is 3.97. The smallest absolute Gasteiger partial charge is 0.268 e. The van der Waals surface area contributed by atoms with Crippen molar-refractivity contribution in [3.8, 4) is 0 Å². The molecule has 0 N–H and O–H groups in total. The van der Waals surface area contributed by atoms with E-state index in [2.05, 4.69) is 36.8 Å². The van der Waals surface area contributed by atoms with Gasteiger partial charge in [-0.25, -0.2) is 9.37 Å². The van der Waals surface area contributed by atoms with Gasteiger partial charge in [-0.1, -0.05) is 22.0 Å². The molecule has 0 spiro atoms. The van der Waals surface area contributed by atoms with Crippen molar-refractivity contribution in [2.75, 3.05) is 0 Å². The van der Waals surface area contributed by atoms with Crippen LogP contribution in [0.5, 0.6) is 0 Å². The van der Waals surface area contributed by atoms with Crippen LogP contribution in [0.2, 0.25) is 0 Å². The molecule has 0 fully saturated rings. The molecule has 0 atom stereocenters. The summed E-state index contributed by atoms with van der Waals surface area (Å²) >= 11 is 6.48. The first-order chi connectivity index (χ1) is 8.49. The molecule has 3 nitrogen and oxygen atoms in total. The number of nitrogens with zero attached hydrogens (tertiary/aromatic N) is 2.